The van der Waals surface area contributed by atoms with Crippen LogP contribution in [0, 0.1) is 5.82 Å². The molecule has 2 aromatic rings. The minimum absolute atomic E-state index is 0.0568. The fraction of sp³-hybridized carbons (Fsp3) is 0.565. The van der Waals surface area contributed by atoms with Crippen LogP contribution in [0.1, 0.15) is 69.1 Å². The molecule has 0 bridgehead atoms. The van der Waals surface area contributed by atoms with E-state index in [1.165, 1.54) is 6.07 Å². The Balaban J connectivity index is 1.66. The number of carbonyl (C=O) groups excluding carboxylic acids is 1. The van der Waals surface area contributed by atoms with Gasteiger partial charge in [0.1, 0.15) is 11.5 Å². The molecule has 1 aromatic heterocycles. The lowest BCUT2D eigenvalue weighted by atomic mass is 9.87. The third kappa shape index (κ3) is 3.32. The zero-order chi connectivity index (χ0) is 21.0. The summed E-state index contributed by atoms with van der Waals surface area (Å²) in [6.45, 7) is 10.0. The van der Waals surface area contributed by atoms with Gasteiger partial charge >= 0.3 is 0 Å². The van der Waals surface area contributed by atoms with E-state index in [1.54, 1.807) is 16.8 Å². The molecule has 29 heavy (non-hydrogen) atoms. The molecule has 5 nitrogen and oxygen atoms in total. The lowest BCUT2D eigenvalue weighted by molar-refractivity contribution is 0.0606. The van der Waals surface area contributed by atoms with Gasteiger partial charge in [-0.3, -0.25) is 9.48 Å². The number of anilines is 1. The number of nitrogens with zero attached hydrogens (tertiary/aromatic N) is 4. The molecule has 6 heteroatoms. The lowest BCUT2D eigenvalue weighted by Gasteiger charge is -2.35. The maximum atomic E-state index is 13.9. The van der Waals surface area contributed by atoms with Crippen molar-refractivity contribution in [3.05, 3.63) is 47.5 Å². The van der Waals surface area contributed by atoms with Crippen LogP contribution < -0.4 is 4.90 Å². The van der Waals surface area contributed by atoms with Crippen LogP contribution in [0.5, 0.6) is 0 Å². The topological polar surface area (TPSA) is 41.4 Å². The predicted octanol–water partition coefficient (Wildman–Crippen LogP) is 4.35. The number of aromatic nitrogens is 2. The van der Waals surface area contributed by atoms with Crippen LogP contribution in [0.3, 0.4) is 0 Å². The van der Waals surface area contributed by atoms with E-state index in [9.17, 15) is 9.18 Å². The van der Waals surface area contributed by atoms with Crippen molar-refractivity contribution in [2.45, 2.75) is 64.0 Å². The van der Waals surface area contributed by atoms with E-state index in [-0.39, 0.29) is 28.7 Å². The molecular formula is C23H31FN4O. The number of aryl methyl sites for hydroxylation is 1. The molecule has 1 aromatic carbocycles. The number of benzene rings is 1. The number of hydrogen-bond donors (Lipinski definition) is 0. The molecule has 2 saturated heterocycles. The van der Waals surface area contributed by atoms with Crippen molar-refractivity contribution in [3.63, 3.8) is 0 Å². The van der Waals surface area contributed by atoms with E-state index in [4.69, 9.17) is 0 Å². The standard InChI is InChI=1S/C23H31FN4O/c1-16(2)19-13-20(26(5)25-19)21(29)27-11-7-10-23(27)14-22(3,4)28(15-23)18-9-6-8-17(24)12-18/h6,8-9,12-13,16H,7,10-11,14-15H2,1-5H3. The van der Waals surface area contributed by atoms with Gasteiger partial charge in [0.2, 0.25) is 0 Å². The average molecular weight is 399 g/mol. The highest BCUT2D eigenvalue weighted by molar-refractivity contribution is 5.93. The molecule has 2 aliphatic rings. The monoisotopic (exact) mass is 398 g/mol. The average Bonchev–Trinajstić information content (AvgIpc) is 3.30. The normalized spacial score (nSPS) is 23.6. The number of rotatable bonds is 3. The van der Waals surface area contributed by atoms with Gasteiger partial charge in [0.05, 0.1) is 11.2 Å². The second-order valence-corrected chi connectivity index (χ2v) is 9.57. The second kappa shape index (κ2) is 6.85. The van der Waals surface area contributed by atoms with E-state index in [2.05, 4.69) is 42.6 Å². The van der Waals surface area contributed by atoms with Crippen LogP contribution in [-0.4, -0.2) is 44.8 Å². The summed E-state index contributed by atoms with van der Waals surface area (Å²) < 4.78 is 15.6. The minimum atomic E-state index is -0.227. The third-order valence-corrected chi connectivity index (χ3v) is 6.62. The number of amides is 1. The lowest BCUT2D eigenvalue weighted by Crippen LogP contribution is -2.49. The molecule has 1 atom stereocenters. The van der Waals surface area contributed by atoms with Gasteiger partial charge in [0, 0.05) is 31.4 Å². The molecule has 0 aliphatic carbocycles. The first-order valence-electron chi connectivity index (χ1n) is 10.5. The second-order valence-electron chi connectivity index (χ2n) is 9.57. The Bertz CT molecular complexity index is 935. The first kappa shape index (κ1) is 19.9. The Morgan fingerprint density at radius 2 is 2.00 bits per heavy atom. The minimum Gasteiger partial charge on any atom is -0.364 e. The van der Waals surface area contributed by atoms with Crippen molar-refractivity contribution in [2.24, 2.45) is 7.05 Å². The Morgan fingerprint density at radius 3 is 2.66 bits per heavy atom. The number of hydrogen-bond acceptors (Lipinski definition) is 3. The summed E-state index contributed by atoms with van der Waals surface area (Å²) in [5, 5.41) is 4.54. The zero-order valence-corrected chi connectivity index (χ0v) is 18.1. The molecule has 1 unspecified atom stereocenters. The summed E-state index contributed by atoms with van der Waals surface area (Å²) in [6.07, 6.45) is 2.84. The molecule has 156 valence electrons. The van der Waals surface area contributed by atoms with Gasteiger partial charge in [-0.05, 0) is 63.3 Å². The van der Waals surface area contributed by atoms with Crippen molar-refractivity contribution in [1.82, 2.24) is 14.7 Å². The van der Waals surface area contributed by atoms with Gasteiger partial charge in [-0.25, -0.2) is 4.39 Å². The Morgan fingerprint density at radius 1 is 1.24 bits per heavy atom. The van der Waals surface area contributed by atoms with Crippen molar-refractivity contribution >= 4 is 11.6 Å². The summed E-state index contributed by atoms with van der Waals surface area (Å²) in [5.74, 6) is 0.111. The first-order valence-corrected chi connectivity index (χ1v) is 10.5. The first-order chi connectivity index (χ1) is 13.6. The van der Waals surface area contributed by atoms with Crippen molar-refractivity contribution in [1.29, 1.82) is 0 Å². The van der Waals surface area contributed by atoms with E-state index in [0.29, 0.717) is 5.69 Å². The summed E-state index contributed by atoms with van der Waals surface area (Å²) in [5.41, 5.74) is 2.09. The maximum absolute atomic E-state index is 13.9. The van der Waals surface area contributed by atoms with Crippen molar-refractivity contribution in [3.8, 4) is 0 Å². The molecule has 0 saturated carbocycles. The van der Waals surface area contributed by atoms with Crippen LogP contribution in [0.4, 0.5) is 10.1 Å². The maximum Gasteiger partial charge on any atom is 0.272 e. The van der Waals surface area contributed by atoms with E-state index < -0.39 is 0 Å². The summed E-state index contributed by atoms with van der Waals surface area (Å²) >= 11 is 0. The largest absolute Gasteiger partial charge is 0.364 e. The summed E-state index contributed by atoms with van der Waals surface area (Å²) in [6, 6.07) is 8.72. The highest BCUT2D eigenvalue weighted by Gasteiger charge is 2.55. The number of likely N-dealkylation sites (tertiary alicyclic amines) is 1. The van der Waals surface area contributed by atoms with Crippen LogP contribution in [0.25, 0.3) is 0 Å². The van der Waals surface area contributed by atoms with Crippen molar-refractivity contribution < 1.29 is 9.18 Å². The molecule has 2 aliphatic heterocycles. The van der Waals surface area contributed by atoms with Crippen LogP contribution in [-0.2, 0) is 7.05 Å². The molecule has 4 rings (SSSR count). The quantitative estimate of drug-likeness (QED) is 0.772. The number of halogens is 1. The highest BCUT2D eigenvalue weighted by atomic mass is 19.1. The molecule has 2 fully saturated rings. The van der Waals surface area contributed by atoms with Crippen molar-refractivity contribution in [2.75, 3.05) is 18.0 Å². The smallest absolute Gasteiger partial charge is 0.272 e. The fourth-order valence-corrected chi connectivity index (χ4v) is 5.26. The molecule has 0 radical (unpaired) electrons. The van der Waals surface area contributed by atoms with E-state index in [1.807, 2.05) is 19.2 Å². The third-order valence-electron chi connectivity index (χ3n) is 6.62. The van der Waals surface area contributed by atoms with E-state index in [0.717, 1.165) is 43.7 Å². The van der Waals surface area contributed by atoms with Gasteiger partial charge in [0.15, 0.2) is 0 Å². The number of carbonyl (C=O) groups is 1. The Labute approximate surface area is 172 Å². The fourth-order valence-electron chi connectivity index (χ4n) is 5.26. The molecule has 1 spiro atoms. The van der Waals surface area contributed by atoms with Gasteiger partial charge in [-0.2, -0.15) is 5.10 Å². The Kier molecular flexibility index (Phi) is 4.71. The van der Waals surface area contributed by atoms with Crippen LogP contribution >= 0.6 is 0 Å². The van der Waals surface area contributed by atoms with Gasteiger partial charge in [-0.15, -0.1) is 0 Å². The SMILES string of the molecule is CC(C)c1cc(C(=O)N2CCCC23CN(c2cccc(F)c2)C(C)(C)C3)n(C)n1. The van der Waals surface area contributed by atoms with Gasteiger partial charge < -0.3 is 9.80 Å². The molecule has 3 heterocycles. The van der Waals surface area contributed by atoms with Crippen LogP contribution in [0.15, 0.2) is 30.3 Å². The highest BCUT2D eigenvalue weighted by Crippen LogP contribution is 2.47. The van der Waals surface area contributed by atoms with Gasteiger partial charge in [0.25, 0.3) is 5.91 Å². The van der Waals surface area contributed by atoms with E-state index >= 15 is 0 Å². The summed E-state index contributed by atoms with van der Waals surface area (Å²) in [4.78, 5) is 17.9. The van der Waals surface area contributed by atoms with Gasteiger partial charge in [-0.1, -0.05) is 19.9 Å². The summed E-state index contributed by atoms with van der Waals surface area (Å²) in [7, 11) is 1.85. The Hall–Kier alpha value is -2.37. The molecular weight excluding hydrogens is 367 g/mol. The zero-order valence-electron chi connectivity index (χ0n) is 18.1. The van der Waals surface area contributed by atoms with Crippen LogP contribution in [0.2, 0.25) is 0 Å². The molecule has 1 amide bonds. The molecule has 0 N–H and O–H groups in total. The predicted molar refractivity (Wildman–Crippen MR) is 113 cm³/mol.